The minimum Gasteiger partial charge on any atom is -0.479 e. The van der Waals surface area contributed by atoms with Crippen LogP contribution < -0.4 is 10.1 Å². The van der Waals surface area contributed by atoms with E-state index < -0.39 is 6.17 Å². The van der Waals surface area contributed by atoms with Crippen molar-refractivity contribution in [2.24, 2.45) is 0 Å². The molecule has 150 valence electrons. The lowest BCUT2D eigenvalue weighted by Gasteiger charge is -2.32. The van der Waals surface area contributed by atoms with Crippen molar-refractivity contribution in [3.63, 3.8) is 0 Å². The molecule has 0 bridgehead atoms. The molecule has 0 saturated carbocycles. The van der Waals surface area contributed by atoms with Crippen LogP contribution in [-0.4, -0.2) is 68.6 Å². The van der Waals surface area contributed by atoms with Gasteiger partial charge >= 0.3 is 0 Å². The van der Waals surface area contributed by atoms with E-state index in [-0.39, 0.29) is 6.04 Å². The van der Waals surface area contributed by atoms with Crippen LogP contribution in [0.1, 0.15) is 6.42 Å². The second-order valence-electron chi connectivity index (χ2n) is 7.40. The number of hydrogen-bond acceptors (Lipinski definition) is 6. The fraction of sp³-hybridized carbons (Fsp3) is 0.350. The van der Waals surface area contributed by atoms with Crippen molar-refractivity contribution < 1.29 is 9.13 Å². The van der Waals surface area contributed by atoms with E-state index in [2.05, 4.69) is 26.6 Å². The number of nitrogens with zero attached hydrogens (tertiary/aromatic N) is 6. The monoisotopic (exact) mass is 395 g/mol. The SMILES string of the molecule is COc1nc(N[C@@H]2CCN(C)C[C@@H]2F)nn2ccc(-c3ccn4nccc4c3)c12. The molecule has 0 spiro atoms. The first-order chi connectivity index (χ1) is 14.1. The van der Waals surface area contributed by atoms with Crippen molar-refractivity contribution in [1.82, 2.24) is 29.1 Å². The van der Waals surface area contributed by atoms with Crippen LogP contribution in [0.2, 0.25) is 0 Å². The van der Waals surface area contributed by atoms with E-state index in [0.29, 0.717) is 24.8 Å². The first kappa shape index (κ1) is 17.9. The van der Waals surface area contributed by atoms with Crippen molar-refractivity contribution in [2.75, 3.05) is 32.6 Å². The van der Waals surface area contributed by atoms with E-state index in [1.807, 2.05) is 47.1 Å². The van der Waals surface area contributed by atoms with Crippen LogP contribution in [0.4, 0.5) is 10.3 Å². The second kappa shape index (κ2) is 7.00. The molecule has 5 rings (SSSR count). The van der Waals surface area contributed by atoms with Gasteiger partial charge in [0.15, 0.2) is 0 Å². The summed E-state index contributed by atoms with van der Waals surface area (Å²) in [5.74, 6) is 0.805. The van der Waals surface area contributed by atoms with Gasteiger partial charge in [-0.1, -0.05) is 0 Å². The Morgan fingerprint density at radius 2 is 2.07 bits per heavy atom. The maximum absolute atomic E-state index is 14.4. The number of hydrogen-bond donors (Lipinski definition) is 1. The van der Waals surface area contributed by atoms with Crippen LogP contribution in [0, 0.1) is 0 Å². The number of fused-ring (bicyclic) bond motifs is 2. The number of methoxy groups -OCH3 is 1. The van der Waals surface area contributed by atoms with Gasteiger partial charge in [-0.05, 0) is 43.3 Å². The zero-order valence-electron chi connectivity index (χ0n) is 16.3. The smallest absolute Gasteiger partial charge is 0.244 e. The zero-order valence-corrected chi connectivity index (χ0v) is 16.3. The summed E-state index contributed by atoms with van der Waals surface area (Å²) in [6, 6.07) is 7.67. The number of likely N-dealkylation sites (tertiary alicyclic amines) is 1. The van der Waals surface area contributed by atoms with E-state index in [9.17, 15) is 4.39 Å². The molecule has 5 heterocycles. The van der Waals surface area contributed by atoms with Crippen molar-refractivity contribution in [3.05, 3.63) is 42.9 Å². The van der Waals surface area contributed by atoms with Crippen LogP contribution in [0.3, 0.4) is 0 Å². The molecular formula is C20H22FN7O. The van der Waals surface area contributed by atoms with Crippen molar-refractivity contribution in [2.45, 2.75) is 18.6 Å². The minimum atomic E-state index is -0.971. The molecule has 1 saturated heterocycles. The maximum atomic E-state index is 14.4. The molecule has 0 radical (unpaired) electrons. The van der Waals surface area contributed by atoms with Gasteiger partial charge in [0.25, 0.3) is 0 Å². The highest BCUT2D eigenvalue weighted by Crippen LogP contribution is 2.32. The number of piperidine rings is 1. The summed E-state index contributed by atoms with van der Waals surface area (Å²) in [5.41, 5.74) is 3.74. The quantitative estimate of drug-likeness (QED) is 0.573. The zero-order chi connectivity index (χ0) is 20.0. The molecular weight excluding hydrogens is 373 g/mol. The predicted molar refractivity (Wildman–Crippen MR) is 108 cm³/mol. The van der Waals surface area contributed by atoms with Crippen LogP contribution in [0.5, 0.6) is 5.88 Å². The summed E-state index contributed by atoms with van der Waals surface area (Å²) in [6.07, 6.45) is 5.27. The predicted octanol–water partition coefficient (Wildman–Crippen LogP) is 2.51. The Hall–Kier alpha value is -3.20. The van der Waals surface area contributed by atoms with Gasteiger partial charge in [-0.15, -0.1) is 5.10 Å². The number of aromatic nitrogens is 5. The lowest BCUT2D eigenvalue weighted by atomic mass is 10.0. The lowest BCUT2D eigenvalue weighted by Crippen LogP contribution is -2.46. The Kier molecular flexibility index (Phi) is 4.31. The van der Waals surface area contributed by atoms with Crippen molar-refractivity contribution >= 4 is 17.0 Å². The molecule has 4 aromatic rings. The van der Waals surface area contributed by atoms with Gasteiger partial charge in [0.05, 0.1) is 18.7 Å². The average molecular weight is 395 g/mol. The summed E-state index contributed by atoms with van der Waals surface area (Å²) < 4.78 is 23.5. The minimum absolute atomic E-state index is 0.312. The number of ether oxygens (including phenoxy) is 1. The largest absolute Gasteiger partial charge is 0.479 e. The van der Waals surface area contributed by atoms with Crippen LogP contribution in [0.25, 0.3) is 22.2 Å². The molecule has 1 N–H and O–H groups in total. The van der Waals surface area contributed by atoms with Crippen LogP contribution >= 0.6 is 0 Å². The Balaban J connectivity index is 1.52. The average Bonchev–Trinajstić information content (AvgIpc) is 3.35. The van der Waals surface area contributed by atoms with Gasteiger partial charge < -0.3 is 15.0 Å². The Morgan fingerprint density at radius 1 is 1.21 bits per heavy atom. The maximum Gasteiger partial charge on any atom is 0.244 e. The normalized spacial score (nSPS) is 20.4. The lowest BCUT2D eigenvalue weighted by molar-refractivity contribution is 0.149. The topological polar surface area (TPSA) is 72.0 Å². The third-order valence-electron chi connectivity index (χ3n) is 5.44. The number of rotatable bonds is 4. The third kappa shape index (κ3) is 3.17. The molecule has 8 nitrogen and oxygen atoms in total. The summed E-state index contributed by atoms with van der Waals surface area (Å²) >= 11 is 0. The van der Waals surface area contributed by atoms with Gasteiger partial charge in [0, 0.05) is 37.2 Å². The summed E-state index contributed by atoms with van der Waals surface area (Å²) in [4.78, 5) is 6.50. The molecule has 1 aliphatic rings. The highest BCUT2D eigenvalue weighted by Gasteiger charge is 2.28. The third-order valence-corrected chi connectivity index (χ3v) is 5.44. The summed E-state index contributed by atoms with van der Waals surface area (Å²) in [7, 11) is 3.51. The number of halogens is 1. The molecule has 1 aliphatic heterocycles. The number of pyridine rings is 1. The van der Waals surface area contributed by atoms with E-state index >= 15 is 0 Å². The molecule has 0 aliphatic carbocycles. The highest BCUT2D eigenvalue weighted by molar-refractivity contribution is 5.85. The summed E-state index contributed by atoms with van der Waals surface area (Å²) in [5, 5.41) is 11.9. The van der Waals surface area contributed by atoms with Gasteiger partial charge in [0.2, 0.25) is 11.8 Å². The number of alkyl halides is 1. The van der Waals surface area contributed by atoms with Gasteiger partial charge in [-0.2, -0.15) is 10.1 Å². The fourth-order valence-corrected chi connectivity index (χ4v) is 3.90. The fourth-order valence-electron chi connectivity index (χ4n) is 3.90. The van der Waals surface area contributed by atoms with E-state index in [0.717, 1.165) is 28.7 Å². The molecule has 0 unspecified atom stereocenters. The Morgan fingerprint density at radius 3 is 2.90 bits per heavy atom. The second-order valence-corrected chi connectivity index (χ2v) is 7.40. The Bertz CT molecular complexity index is 1170. The van der Waals surface area contributed by atoms with Gasteiger partial charge in [-0.25, -0.2) is 13.4 Å². The molecule has 4 aromatic heterocycles. The highest BCUT2D eigenvalue weighted by atomic mass is 19.1. The molecule has 29 heavy (non-hydrogen) atoms. The van der Waals surface area contributed by atoms with Crippen LogP contribution in [-0.2, 0) is 0 Å². The number of anilines is 1. The number of nitrogens with one attached hydrogen (secondary N) is 1. The molecule has 1 fully saturated rings. The first-order valence-electron chi connectivity index (χ1n) is 9.58. The molecule has 2 atom stereocenters. The Labute approximate surface area is 166 Å². The van der Waals surface area contributed by atoms with E-state index in [1.54, 1.807) is 17.8 Å². The van der Waals surface area contributed by atoms with Gasteiger partial charge in [-0.3, -0.25) is 0 Å². The van der Waals surface area contributed by atoms with E-state index in [4.69, 9.17) is 4.74 Å². The molecule has 9 heteroatoms. The molecule has 0 aromatic carbocycles. The van der Waals surface area contributed by atoms with Crippen molar-refractivity contribution in [3.8, 4) is 17.0 Å². The standard InChI is InChI=1S/C20H22FN7O/c1-26-8-6-17(16(21)12-26)23-20-24-19(29-2)18-15(5-10-28(18)25-20)13-4-9-27-14(11-13)3-7-22-27/h3-5,7,9-11,16-17H,6,8,12H2,1-2H3,(H,23,25)/t16-,17+/m0/s1. The molecule has 0 amide bonds. The van der Waals surface area contributed by atoms with Crippen LogP contribution in [0.15, 0.2) is 42.9 Å². The first-order valence-corrected chi connectivity index (χ1v) is 9.58. The summed E-state index contributed by atoms with van der Waals surface area (Å²) in [6.45, 7) is 1.24. The van der Waals surface area contributed by atoms with Crippen molar-refractivity contribution in [1.29, 1.82) is 0 Å². The van der Waals surface area contributed by atoms with Gasteiger partial charge in [0.1, 0.15) is 11.7 Å². The van der Waals surface area contributed by atoms with E-state index in [1.165, 1.54) is 0 Å².